The standard InChI is InChI=1S/C18H22N4OS/c1-13-11-20-18(24-13)22-8-6-21(7-9-22)17(23)10-14-12-19-16-5-3-2-4-15(14)16/h2-5,12-13,19H,6-11H2,1H3/t13-/m1/s1. The number of fused-ring (bicyclic) bond motifs is 1. The van der Waals surface area contributed by atoms with E-state index in [1.54, 1.807) is 0 Å². The van der Waals surface area contributed by atoms with Gasteiger partial charge in [0.05, 0.1) is 13.0 Å². The lowest BCUT2D eigenvalue weighted by Gasteiger charge is -2.35. The molecule has 1 aromatic heterocycles. The molecule has 3 heterocycles. The quantitative estimate of drug-likeness (QED) is 0.911. The molecular formula is C18H22N4OS. The Morgan fingerprint density at radius 3 is 2.83 bits per heavy atom. The van der Waals surface area contributed by atoms with Crippen LogP contribution in [0.4, 0.5) is 0 Å². The summed E-state index contributed by atoms with van der Waals surface area (Å²) in [5.41, 5.74) is 2.18. The van der Waals surface area contributed by atoms with E-state index in [1.807, 2.05) is 41.1 Å². The van der Waals surface area contributed by atoms with Gasteiger partial charge in [0.25, 0.3) is 0 Å². The number of aliphatic imine (C=N–C) groups is 1. The van der Waals surface area contributed by atoms with E-state index in [1.165, 1.54) is 0 Å². The Balaban J connectivity index is 1.36. The van der Waals surface area contributed by atoms with Gasteiger partial charge in [0, 0.05) is 48.5 Å². The molecule has 0 aliphatic carbocycles. The van der Waals surface area contributed by atoms with Crippen molar-refractivity contribution in [2.24, 2.45) is 4.99 Å². The number of nitrogens with one attached hydrogen (secondary N) is 1. The van der Waals surface area contributed by atoms with Gasteiger partial charge in [0.1, 0.15) is 0 Å². The van der Waals surface area contributed by atoms with E-state index < -0.39 is 0 Å². The van der Waals surface area contributed by atoms with E-state index in [2.05, 4.69) is 27.9 Å². The van der Waals surface area contributed by atoms with Gasteiger partial charge in [-0.1, -0.05) is 36.9 Å². The third-order valence-electron chi connectivity index (χ3n) is 4.71. The molecule has 1 atom stereocenters. The predicted molar refractivity (Wildman–Crippen MR) is 99.5 cm³/mol. The van der Waals surface area contributed by atoms with E-state index in [-0.39, 0.29) is 5.91 Å². The van der Waals surface area contributed by atoms with Crippen LogP contribution in [0.2, 0.25) is 0 Å². The number of carbonyl (C=O) groups is 1. The Labute approximate surface area is 146 Å². The van der Waals surface area contributed by atoms with Crippen LogP contribution in [-0.4, -0.2) is 63.8 Å². The molecule has 0 spiro atoms. The summed E-state index contributed by atoms with van der Waals surface area (Å²) in [6.07, 6.45) is 2.43. The molecule has 1 amide bonds. The molecule has 2 aliphatic heterocycles. The second-order valence-corrected chi connectivity index (χ2v) is 7.86. The van der Waals surface area contributed by atoms with E-state index >= 15 is 0 Å². The monoisotopic (exact) mass is 342 g/mol. The second kappa shape index (κ2) is 6.51. The molecule has 2 aromatic rings. The van der Waals surface area contributed by atoms with Gasteiger partial charge < -0.3 is 14.8 Å². The van der Waals surface area contributed by atoms with E-state index in [0.717, 1.165) is 54.4 Å². The summed E-state index contributed by atoms with van der Waals surface area (Å²) in [4.78, 5) is 24.8. The zero-order chi connectivity index (χ0) is 16.5. The average Bonchev–Trinajstić information content (AvgIpc) is 3.22. The smallest absolute Gasteiger partial charge is 0.227 e. The van der Waals surface area contributed by atoms with Gasteiger partial charge in [0.2, 0.25) is 5.91 Å². The fraction of sp³-hybridized carbons (Fsp3) is 0.444. The lowest BCUT2D eigenvalue weighted by atomic mass is 10.1. The van der Waals surface area contributed by atoms with Crippen molar-refractivity contribution in [3.63, 3.8) is 0 Å². The molecule has 2 aliphatic rings. The summed E-state index contributed by atoms with van der Waals surface area (Å²) < 4.78 is 0. The Bertz CT molecular complexity index is 776. The number of benzene rings is 1. The van der Waals surface area contributed by atoms with Crippen molar-refractivity contribution in [2.75, 3.05) is 32.7 Å². The van der Waals surface area contributed by atoms with Crippen LogP contribution in [0.25, 0.3) is 10.9 Å². The van der Waals surface area contributed by atoms with Gasteiger partial charge in [-0.15, -0.1) is 0 Å². The first-order valence-electron chi connectivity index (χ1n) is 8.49. The number of aromatic amines is 1. The van der Waals surface area contributed by atoms with Crippen molar-refractivity contribution in [1.82, 2.24) is 14.8 Å². The lowest BCUT2D eigenvalue weighted by molar-refractivity contribution is -0.131. The number of amidine groups is 1. The van der Waals surface area contributed by atoms with Crippen molar-refractivity contribution >= 4 is 33.7 Å². The highest BCUT2D eigenvalue weighted by atomic mass is 32.2. The lowest BCUT2D eigenvalue weighted by Crippen LogP contribution is -2.50. The largest absolute Gasteiger partial charge is 0.361 e. The zero-order valence-corrected chi connectivity index (χ0v) is 14.7. The Hall–Kier alpha value is -1.95. The van der Waals surface area contributed by atoms with Gasteiger partial charge in [0.15, 0.2) is 5.17 Å². The van der Waals surface area contributed by atoms with Gasteiger partial charge >= 0.3 is 0 Å². The molecule has 1 N–H and O–H groups in total. The van der Waals surface area contributed by atoms with Crippen LogP contribution in [0.5, 0.6) is 0 Å². The molecule has 1 fully saturated rings. The number of aromatic nitrogens is 1. The number of nitrogens with zero attached hydrogens (tertiary/aromatic N) is 3. The third kappa shape index (κ3) is 3.02. The van der Waals surface area contributed by atoms with Gasteiger partial charge in [-0.05, 0) is 11.6 Å². The molecule has 24 heavy (non-hydrogen) atoms. The Kier molecular flexibility index (Phi) is 4.22. The van der Waals surface area contributed by atoms with Crippen LogP contribution in [0.3, 0.4) is 0 Å². The molecule has 126 valence electrons. The van der Waals surface area contributed by atoms with E-state index in [4.69, 9.17) is 0 Å². The molecule has 4 rings (SSSR count). The number of para-hydroxylation sites is 1. The number of piperazine rings is 1. The molecule has 0 saturated carbocycles. The topological polar surface area (TPSA) is 51.7 Å². The number of thioether (sulfide) groups is 1. The SMILES string of the molecule is C[C@@H]1CN=C(N2CCN(C(=O)Cc3c[nH]c4ccccc34)CC2)S1. The number of hydrogen-bond acceptors (Lipinski definition) is 4. The minimum Gasteiger partial charge on any atom is -0.361 e. The number of hydrogen-bond donors (Lipinski definition) is 1. The highest BCUT2D eigenvalue weighted by Crippen LogP contribution is 2.24. The highest BCUT2D eigenvalue weighted by molar-refractivity contribution is 8.14. The summed E-state index contributed by atoms with van der Waals surface area (Å²) in [5.74, 6) is 0.216. The summed E-state index contributed by atoms with van der Waals surface area (Å²) in [5, 5.41) is 2.89. The summed E-state index contributed by atoms with van der Waals surface area (Å²) in [6.45, 7) is 6.47. The van der Waals surface area contributed by atoms with Crippen LogP contribution in [0, 0.1) is 0 Å². The highest BCUT2D eigenvalue weighted by Gasteiger charge is 2.26. The van der Waals surface area contributed by atoms with Crippen LogP contribution < -0.4 is 0 Å². The molecule has 0 bridgehead atoms. The maximum absolute atomic E-state index is 12.6. The fourth-order valence-corrected chi connectivity index (χ4v) is 4.33. The van der Waals surface area contributed by atoms with Crippen molar-refractivity contribution < 1.29 is 4.79 Å². The maximum atomic E-state index is 12.6. The minimum atomic E-state index is 0.216. The van der Waals surface area contributed by atoms with Crippen LogP contribution >= 0.6 is 11.8 Å². The molecular weight excluding hydrogens is 320 g/mol. The number of carbonyl (C=O) groups excluding carboxylic acids is 1. The van der Waals surface area contributed by atoms with Gasteiger partial charge in [-0.2, -0.15) is 0 Å². The number of H-pyrrole nitrogens is 1. The zero-order valence-electron chi connectivity index (χ0n) is 13.9. The fourth-order valence-electron chi connectivity index (χ4n) is 3.34. The first-order valence-corrected chi connectivity index (χ1v) is 9.37. The molecule has 6 heteroatoms. The maximum Gasteiger partial charge on any atom is 0.227 e. The van der Waals surface area contributed by atoms with Gasteiger partial charge in [-0.25, -0.2) is 0 Å². The summed E-state index contributed by atoms with van der Waals surface area (Å²) in [7, 11) is 0. The summed E-state index contributed by atoms with van der Waals surface area (Å²) >= 11 is 1.86. The third-order valence-corrected chi connectivity index (χ3v) is 5.86. The van der Waals surface area contributed by atoms with Crippen molar-refractivity contribution in [2.45, 2.75) is 18.6 Å². The normalized spacial score (nSPS) is 21.4. The van der Waals surface area contributed by atoms with Crippen LogP contribution in [0.1, 0.15) is 12.5 Å². The van der Waals surface area contributed by atoms with E-state index in [0.29, 0.717) is 11.7 Å². The average molecular weight is 342 g/mol. The van der Waals surface area contributed by atoms with Crippen LogP contribution in [-0.2, 0) is 11.2 Å². The van der Waals surface area contributed by atoms with Gasteiger partial charge in [-0.3, -0.25) is 9.79 Å². The number of rotatable bonds is 2. The Morgan fingerprint density at radius 2 is 2.08 bits per heavy atom. The second-order valence-electron chi connectivity index (χ2n) is 6.46. The minimum absolute atomic E-state index is 0.216. The molecule has 5 nitrogen and oxygen atoms in total. The van der Waals surface area contributed by atoms with Crippen molar-refractivity contribution in [3.8, 4) is 0 Å². The first kappa shape index (κ1) is 15.6. The molecule has 0 unspecified atom stereocenters. The van der Waals surface area contributed by atoms with Crippen molar-refractivity contribution in [1.29, 1.82) is 0 Å². The molecule has 0 radical (unpaired) electrons. The first-order chi connectivity index (χ1) is 11.7. The Morgan fingerprint density at radius 1 is 1.29 bits per heavy atom. The van der Waals surface area contributed by atoms with Crippen molar-refractivity contribution in [3.05, 3.63) is 36.0 Å². The van der Waals surface area contributed by atoms with E-state index in [9.17, 15) is 4.79 Å². The summed E-state index contributed by atoms with van der Waals surface area (Å²) in [6, 6.07) is 8.14. The molecule has 1 aromatic carbocycles. The molecule has 1 saturated heterocycles. The predicted octanol–water partition coefficient (Wildman–Crippen LogP) is 2.35. The van der Waals surface area contributed by atoms with Crippen LogP contribution in [0.15, 0.2) is 35.5 Å². The number of amides is 1.